The van der Waals surface area contributed by atoms with Crippen molar-refractivity contribution in [2.45, 2.75) is 31.2 Å². The van der Waals surface area contributed by atoms with Crippen molar-refractivity contribution in [3.05, 3.63) is 28.5 Å². The number of methoxy groups -OCH3 is 1. The first-order chi connectivity index (χ1) is 8.63. The van der Waals surface area contributed by atoms with Crippen molar-refractivity contribution in [3.63, 3.8) is 0 Å². The monoisotopic (exact) mass is 269 g/mol. The van der Waals surface area contributed by atoms with Gasteiger partial charge in [0.05, 0.1) is 12.1 Å². The molecule has 1 aromatic rings. The van der Waals surface area contributed by atoms with Crippen LogP contribution in [0, 0.1) is 5.82 Å². The van der Waals surface area contributed by atoms with E-state index in [0.717, 1.165) is 25.7 Å². The fourth-order valence-electron chi connectivity index (χ4n) is 2.55. The van der Waals surface area contributed by atoms with Crippen LogP contribution < -0.4 is 4.74 Å². The van der Waals surface area contributed by atoms with Crippen LogP contribution in [-0.2, 0) is 10.3 Å². The van der Waals surface area contributed by atoms with Crippen molar-refractivity contribution in [1.29, 1.82) is 0 Å². The minimum atomic E-state index is -0.662. The van der Waals surface area contributed by atoms with Crippen molar-refractivity contribution in [1.82, 2.24) is 0 Å². The Morgan fingerprint density at radius 3 is 2.67 bits per heavy atom. The molecule has 2 rings (SSSR count). The molecule has 1 fully saturated rings. The highest BCUT2D eigenvalue weighted by Crippen LogP contribution is 2.46. The van der Waals surface area contributed by atoms with Crippen LogP contribution in [0.25, 0.3) is 0 Å². The molecule has 0 unspecified atom stereocenters. The van der Waals surface area contributed by atoms with E-state index >= 15 is 0 Å². The molecule has 3 nitrogen and oxygen atoms in total. The number of rotatable bonds is 3. The lowest BCUT2D eigenvalue weighted by Crippen LogP contribution is -2.20. The minimum absolute atomic E-state index is 0.0122. The maximum Gasteiger partial charge on any atom is 0.235 e. The Hall–Kier alpha value is -1.38. The average molecular weight is 270 g/mol. The Kier molecular flexibility index (Phi) is 3.69. The van der Waals surface area contributed by atoms with Gasteiger partial charge in [0.1, 0.15) is 17.1 Å². The Labute approximate surface area is 110 Å². The molecule has 96 valence electrons. The van der Waals surface area contributed by atoms with Gasteiger partial charge in [0.25, 0.3) is 0 Å². The molecule has 0 saturated heterocycles. The van der Waals surface area contributed by atoms with E-state index in [-0.39, 0.29) is 5.02 Å². The van der Waals surface area contributed by atoms with Gasteiger partial charge in [0.15, 0.2) is 0 Å². The molecular weight excluding hydrogens is 257 g/mol. The highest BCUT2D eigenvalue weighted by Gasteiger charge is 2.38. The smallest absolute Gasteiger partial charge is 0.235 e. The van der Waals surface area contributed by atoms with Crippen molar-refractivity contribution < 1.29 is 13.9 Å². The van der Waals surface area contributed by atoms with Gasteiger partial charge in [0, 0.05) is 11.6 Å². The summed E-state index contributed by atoms with van der Waals surface area (Å²) in [5, 5.41) is 0.0122. The highest BCUT2D eigenvalue weighted by atomic mass is 35.5. The molecule has 0 atom stereocenters. The summed E-state index contributed by atoms with van der Waals surface area (Å²) in [7, 11) is 1.46. The van der Waals surface area contributed by atoms with E-state index in [0.29, 0.717) is 11.3 Å². The molecule has 0 spiro atoms. The largest absolute Gasteiger partial charge is 0.496 e. The lowest BCUT2D eigenvalue weighted by molar-refractivity contribution is 0.376. The summed E-state index contributed by atoms with van der Waals surface area (Å²) in [6, 6.07) is 2.74. The van der Waals surface area contributed by atoms with Gasteiger partial charge in [-0.25, -0.2) is 9.18 Å². The standard InChI is InChI=1S/C13H13ClFNO2/c1-18-12-7-11(15)10(14)6-9(12)13(16-8-17)4-2-3-5-13/h6-7H,2-5H2,1H3. The number of halogens is 2. The second kappa shape index (κ2) is 5.09. The quantitative estimate of drug-likeness (QED) is 0.621. The van der Waals surface area contributed by atoms with E-state index in [1.807, 2.05) is 0 Å². The normalized spacial score (nSPS) is 17.3. The molecule has 0 bridgehead atoms. The fourth-order valence-corrected chi connectivity index (χ4v) is 2.71. The summed E-state index contributed by atoms with van der Waals surface area (Å²) in [5.41, 5.74) is 0.00185. The summed E-state index contributed by atoms with van der Waals surface area (Å²) < 4.78 is 18.6. The van der Waals surface area contributed by atoms with E-state index in [1.54, 1.807) is 6.08 Å². The molecule has 18 heavy (non-hydrogen) atoms. The predicted molar refractivity (Wildman–Crippen MR) is 66.2 cm³/mol. The first-order valence-corrected chi connectivity index (χ1v) is 6.13. The second-order valence-corrected chi connectivity index (χ2v) is 4.82. The van der Waals surface area contributed by atoms with E-state index in [1.165, 1.54) is 19.2 Å². The molecule has 0 amide bonds. The highest BCUT2D eigenvalue weighted by molar-refractivity contribution is 6.30. The minimum Gasteiger partial charge on any atom is -0.496 e. The molecule has 0 N–H and O–H groups in total. The van der Waals surface area contributed by atoms with Crippen LogP contribution in [0.1, 0.15) is 31.2 Å². The third-order valence-corrected chi connectivity index (χ3v) is 3.72. The van der Waals surface area contributed by atoms with Crippen LogP contribution in [0.2, 0.25) is 5.02 Å². The number of carbonyl (C=O) groups excluding carboxylic acids is 1. The van der Waals surface area contributed by atoms with Gasteiger partial charge in [-0.2, -0.15) is 4.99 Å². The van der Waals surface area contributed by atoms with Gasteiger partial charge < -0.3 is 4.74 Å². The number of nitrogens with zero attached hydrogens (tertiary/aromatic N) is 1. The number of hydrogen-bond acceptors (Lipinski definition) is 3. The van der Waals surface area contributed by atoms with Crippen LogP contribution in [0.3, 0.4) is 0 Å². The van der Waals surface area contributed by atoms with Crippen molar-refractivity contribution >= 4 is 17.7 Å². The summed E-state index contributed by atoms with van der Waals surface area (Å²) >= 11 is 5.81. The lowest BCUT2D eigenvalue weighted by atomic mass is 9.88. The van der Waals surface area contributed by atoms with Gasteiger partial charge in [0.2, 0.25) is 6.08 Å². The van der Waals surface area contributed by atoms with Gasteiger partial charge in [-0.05, 0) is 18.9 Å². The molecule has 1 saturated carbocycles. The number of benzene rings is 1. The van der Waals surface area contributed by atoms with Crippen LogP contribution in [0.5, 0.6) is 5.75 Å². The molecule has 0 radical (unpaired) electrons. The summed E-state index contributed by atoms with van der Waals surface area (Å²) in [5.74, 6) is -0.168. The zero-order valence-corrected chi connectivity index (χ0v) is 10.8. The predicted octanol–water partition coefficient (Wildman–Crippen LogP) is 3.59. The van der Waals surface area contributed by atoms with E-state index in [4.69, 9.17) is 16.3 Å². The zero-order valence-electron chi connectivity index (χ0n) is 10.0. The van der Waals surface area contributed by atoms with E-state index in [9.17, 15) is 9.18 Å². The lowest BCUT2D eigenvalue weighted by Gasteiger charge is -2.25. The average Bonchev–Trinajstić information content (AvgIpc) is 2.82. The van der Waals surface area contributed by atoms with Crippen molar-refractivity contribution in [2.75, 3.05) is 7.11 Å². The maximum atomic E-state index is 13.4. The topological polar surface area (TPSA) is 38.7 Å². The number of hydrogen-bond donors (Lipinski definition) is 0. The van der Waals surface area contributed by atoms with E-state index < -0.39 is 11.4 Å². The van der Waals surface area contributed by atoms with Crippen molar-refractivity contribution in [2.24, 2.45) is 4.99 Å². The SMILES string of the molecule is COc1cc(F)c(Cl)cc1C1(N=C=O)CCCC1. The van der Waals surface area contributed by atoms with Gasteiger partial charge in [-0.1, -0.05) is 24.4 Å². The van der Waals surface area contributed by atoms with Crippen LogP contribution in [-0.4, -0.2) is 13.2 Å². The zero-order chi connectivity index (χ0) is 13.2. The molecular formula is C13H13ClFNO2. The van der Waals surface area contributed by atoms with Crippen molar-refractivity contribution in [3.8, 4) is 5.75 Å². The Balaban J connectivity index is 2.60. The molecule has 0 aromatic heterocycles. The molecule has 1 aliphatic carbocycles. The number of isocyanates is 1. The van der Waals surface area contributed by atoms with E-state index in [2.05, 4.69) is 4.99 Å². The number of aliphatic imine (C=N–C) groups is 1. The molecule has 1 aliphatic rings. The second-order valence-electron chi connectivity index (χ2n) is 4.41. The summed E-state index contributed by atoms with van der Waals surface area (Å²) in [6.07, 6.45) is 4.99. The third-order valence-electron chi connectivity index (χ3n) is 3.43. The third kappa shape index (κ3) is 2.14. The molecule has 0 heterocycles. The Morgan fingerprint density at radius 2 is 2.11 bits per heavy atom. The molecule has 5 heteroatoms. The van der Waals surface area contributed by atoms with Gasteiger partial charge >= 0.3 is 0 Å². The van der Waals surface area contributed by atoms with Crippen LogP contribution in [0.15, 0.2) is 17.1 Å². The first kappa shape index (κ1) is 13.1. The molecule has 1 aromatic carbocycles. The van der Waals surface area contributed by atoms with Crippen LogP contribution in [0.4, 0.5) is 4.39 Å². The van der Waals surface area contributed by atoms with Gasteiger partial charge in [-0.3, -0.25) is 0 Å². The van der Waals surface area contributed by atoms with Gasteiger partial charge in [-0.15, -0.1) is 0 Å². The fraction of sp³-hybridized carbons (Fsp3) is 0.462. The Bertz CT molecular complexity index is 506. The Morgan fingerprint density at radius 1 is 1.44 bits per heavy atom. The summed E-state index contributed by atoms with van der Waals surface area (Å²) in [6.45, 7) is 0. The number of ether oxygens (including phenoxy) is 1. The first-order valence-electron chi connectivity index (χ1n) is 5.75. The van der Waals surface area contributed by atoms with Crippen LogP contribution >= 0.6 is 11.6 Å². The summed E-state index contributed by atoms with van der Waals surface area (Å²) in [4.78, 5) is 14.6. The molecule has 0 aliphatic heterocycles. The maximum absolute atomic E-state index is 13.4.